The lowest BCUT2D eigenvalue weighted by atomic mass is 10.2. The van der Waals surface area contributed by atoms with Crippen LogP contribution in [0.5, 0.6) is 0 Å². The Hall–Kier alpha value is -2.11. The summed E-state index contributed by atoms with van der Waals surface area (Å²) in [6.45, 7) is 5.62. The second kappa shape index (κ2) is 4.64. The SMILES string of the molecule is CCC(=O)NCc1c(C)nc2cc(C)[nH]n2c1=O. The van der Waals surface area contributed by atoms with Gasteiger partial charge in [-0.2, -0.15) is 0 Å². The van der Waals surface area contributed by atoms with E-state index in [0.29, 0.717) is 23.3 Å². The van der Waals surface area contributed by atoms with Crippen molar-refractivity contribution < 1.29 is 4.79 Å². The third-order valence-electron chi connectivity index (χ3n) is 2.83. The first kappa shape index (κ1) is 12.3. The molecule has 0 aliphatic heterocycles. The molecule has 0 aromatic carbocycles. The summed E-state index contributed by atoms with van der Waals surface area (Å²) in [5.74, 6) is -0.0819. The number of hydrogen-bond acceptors (Lipinski definition) is 3. The number of amides is 1. The van der Waals surface area contributed by atoms with Crippen molar-refractivity contribution in [2.45, 2.75) is 33.7 Å². The minimum Gasteiger partial charge on any atom is -0.352 e. The zero-order chi connectivity index (χ0) is 13.3. The summed E-state index contributed by atoms with van der Waals surface area (Å²) >= 11 is 0. The van der Waals surface area contributed by atoms with Gasteiger partial charge in [0, 0.05) is 18.2 Å². The largest absolute Gasteiger partial charge is 0.352 e. The van der Waals surface area contributed by atoms with Crippen molar-refractivity contribution in [3.8, 4) is 0 Å². The van der Waals surface area contributed by atoms with Gasteiger partial charge < -0.3 is 5.32 Å². The molecule has 2 aromatic rings. The monoisotopic (exact) mass is 248 g/mol. The molecule has 0 radical (unpaired) electrons. The lowest BCUT2D eigenvalue weighted by molar-refractivity contribution is -0.120. The van der Waals surface area contributed by atoms with E-state index in [4.69, 9.17) is 0 Å². The molecule has 0 fully saturated rings. The average molecular weight is 248 g/mol. The van der Waals surface area contributed by atoms with E-state index in [-0.39, 0.29) is 18.0 Å². The van der Waals surface area contributed by atoms with Crippen molar-refractivity contribution in [1.82, 2.24) is 19.9 Å². The predicted octanol–water partition coefficient (Wildman–Crippen LogP) is 0.666. The molecule has 0 saturated carbocycles. The highest BCUT2D eigenvalue weighted by Crippen LogP contribution is 2.05. The molecule has 0 unspecified atom stereocenters. The summed E-state index contributed by atoms with van der Waals surface area (Å²) in [6, 6.07) is 1.81. The number of nitrogens with one attached hydrogen (secondary N) is 2. The summed E-state index contributed by atoms with van der Waals surface area (Å²) in [7, 11) is 0. The molecule has 6 heteroatoms. The summed E-state index contributed by atoms with van der Waals surface area (Å²) in [5.41, 5.74) is 2.46. The molecular weight excluding hydrogens is 232 g/mol. The fourth-order valence-corrected chi connectivity index (χ4v) is 1.81. The summed E-state index contributed by atoms with van der Waals surface area (Å²) in [4.78, 5) is 27.8. The van der Waals surface area contributed by atoms with E-state index < -0.39 is 0 Å². The molecule has 0 aliphatic carbocycles. The fourth-order valence-electron chi connectivity index (χ4n) is 1.81. The molecule has 0 aliphatic rings. The van der Waals surface area contributed by atoms with E-state index in [0.717, 1.165) is 5.69 Å². The number of aromatic nitrogens is 3. The molecule has 0 saturated heterocycles. The third kappa shape index (κ3) is 2.13. The number of aromatic amines is 1. The number of fused-ring (bicyclic) bond motifs is 1. The van der Waals surface area contributed by atoms with Crippen LogP contribution >= 0.6 is 0 Å². The van der Waals surface area contributed by atoms with Crippen molar-refractivity contribution in [2.24, 2.45) is 0 Å². The molecule has 2 rings (SSSR count). The highest BCUT2D eigenvalue weighted by molar-refractivity contribution is 5.75. The molecule has 0 bridgehead atoms. The maximum Gasteiger partial charge on any atom is 0.277 e. The number of aryl methyl sites for hydroxylation is 2. The Bertz CT molecular complexity index is 654. The minimum atomic E-state index is -0.165. The van der Waals surface area contributed by atoms with Crippen LogP contribution < -0.4 is 10.9 Å². The molecule has 96 valence electrons. The van der Waals surface area contributed by atoms with Gasteiger partial charge in [-0.1, -0.05) is 6.92 Å². The predicted molar refractivity (Wildman–Crippen MR) is 67.4 cm³/mol. The number of carbonyl (C=O) groups excluding carboxylic acids is 1. The first-order valence-corrected chi connectivity index (χ1v) is 5.87. The number of H-pyrrole nitrogens is 1. The van der Waals surface area contributed by atoms with E-state index in [1.807, 2.05) is 13.0 Å². The minimum absolute atomic E-state index is 0.0819. The lowest BCUT2D eigenvalue weighted by Crippen LogP contribution is -2.29. The van der Waals surface area contributed by atoms with Crippen LogP contribution in [0, 0.1) is 13.8 Å². The smallest absolute Gasteiger partial charge is 0.277 e. The molecule has 1 amide bonds. The van der Waals surface area contributed by atoms with Crippen LogP contribution in [-0.2, 0) is 11.3 Å². The lowest BCUT2D eigenvalue weighted by Gasteiger charge is -2.06. The Kier molecular flexibility index (Phi) is 3.18. The fraction of sp³-hybridized carbons (Fsp3) is 0.417. The summed E-state index contributed by atoms with van der Waals surface area (Å²) in [6.07, 6.45) is 0.400. The summed E-state index contributed by atoms with van der Waals surface area (Å²) in [5, 5.41) is 5.62. The van der Waals surface area contributed by atoms with Gasteiger partial charge in [0.2, 0.25) is 5.91 Å². The second-order valence-electron chi connectivity index (χ2n) is 4.24. The number of hydrogen-bond donors (Lipinski definition) is 2. The topological polar surface area (TPSA) is 79.3 Å². The quantitative estimate of drug-likeness (QED) is 0.837. The van der Waals surface area contributed by atoms with Crippen LogP contribution in [0.3, 0.4) is 0 Å². The van der Waals surface area contributed by atoms with Gasteiger partial charge in [0.25, 0.3) is 5.56 Å². The summed E-state index contributed by atoms with van der Waals surface area (Å²) < 4.78 is 1.40. The maximum atomic E-state index is 12.2. The number of carbonyl (C=O) groups is 1. The van der Waals surface area contributed by atoms with Gasteiger partial charge in [-0.25, -0.2) is 9.50 Å². The molecule has 2 heterocycles. The van der Waals surface area contributed by atoms with Crippen LogP contribution in [0.25, 0.3) is 5.65 Å². The van der Waals surface area contributed by atoms with Crippen LogP contribution in [-0.4, -0.2) is 20.5 Å². The van der Waals surface area contributed by atoms with Crippen molar-refractivity contribution in [3.63, 3.8) is 0 Å². The Labute approximate surface area is 104 Å². The Morgan fingerprint density at radius 2 is 2.22 bits per heavy atom. The standard InChI is InChI=1S/C12H16N4O2/c1-4-11(17)13-6-9-8(3)14-10-5-7(2)15-16(10)12(9)18/h5,15H,4,6H2,1-3H3,(H,13,17). The van der Waals surface area contributed by atoms with Gasteiger partial charge in [-0.3, -0.25) is 14.7 Å². The van der Waals surface area contributed by atoms with Gasteiger partial charge in [-0.05, 0) is 13.8 Å². The van der Waals surface area contributed by atoms with Crippen molar-refractivity contribution in [3.05, 3.63) is 33.4 Å². The van der Waals surface area contributed by atoms with E-state index >= 15 is 0 Å². The van der Waals surface area contributed by atoms with Gasteiger partial charge in [-0.15, -0.1) is 0 Å². The van der Waals surface area contributed by atoms with Gasteiger partial charge in [0.15, 0.2) is 5.65 Å². The molecule has 6 nitrogen and oxygen atoms in total. The first-order valence-electron chi connectivity index (χ1n) is 5.87. The average Bonchev–Trinajstić information content (AvgIpc) is 2.69. The third-order valence-corrected chi connectivity index (χ3v) is 2.83. The van der Waals surface area contributed by atoms with Crippen molar-refractivity contribution in [1.29, 1.82) is 0 Å². The van der Waals surface area contributed by atoms with Crippen molar-refractivity contribution in [2.75, 3.05) is 0 Å². The zero-order valence-corrected chi connectivity index (χ0v) is 10.7. The van der Waals surface area contributed by atoms with Crippen molar-refractivity contribution >= 4 is 11.6 Å². The zero-order valence-electron chi connectivity index (χ0n) is 10.7. The molecule has 2 aromatic heterocycles. The molecule has 2 N–H and O–H groups in total. The van der Waals surface area contributed by atoms with Crippen LogP contribution in [0.1, 0.15) is 30.3 Å². The highest BCUT2D eigenvalue weighted by atomic mass is 16.1. The second-order valence-corrected chi connectivity index (χ2v) is 4.24. The van der Waals surface area contributed by atoms with Crippen LogP contribution in [0.4, 0.5) is 0 Å². The van der Waals surface area contributed by atoms with Crippen LogP contribution in [0.2, 0.25) is 0 Å². The Morgan fingerprint density at radius 1 is 1.50 bits per heavy atom. The van der Waals surface area contributed by atoms with Gasteiger partial charge in [0.1, 0.15) is 0 Å². The first-order chi connectivity index (χ1) is 8.52. The number of nitrogens with zero attached hydrogens (tertiary/aromatic N) is 2. The van der Waals surface area contributed by atoms with E-state index in [9.17, 15) is 9.59 Å². The van der Waals surface area contributed by atoms with Gasteiger partial charge in [0.05, 0.1) is 17.8 Å². The Balaban J connectivity index is 2.44. The van der Waals surface area contributed by atoms with E-state index in [1.165, 1.54) is 4.52 Å². The molecule has 0 spiro atoms. The van der Waals surface area contributed by atoms with Gasteiger partial charge >= 0.3 is 0 Å². The molecular formula is C12H16N4O2. The van der Waals surface area contributed by atoms with E-state index in [1.54, 1.807) is 13.8 Å². The van der Waals surface area contributed by atoms with E-state index in [2.05, 4.69) is 15.4 Å². The molecule has 0 atom stereocenters. The Morgan fingerprint density at radius 3 is 2.89 bits per heavy atom. The highest BCUT2D eigenvalue weighted by Gasteiger charge is 2.11. The van der Waals surface area contributed by atoms with Crippen LogP contribution in [0.15, 0.2) is 10.9 Å². The maximum absolute atomic E-state index is 12.2. The normalized spacial score (nSPS) is 10.8. The number of rotatable bonds is 3. The molecule has 18 heavy (non-hydrogen) atoms.